The molecule has 0 saturated heterocycles. The molecular formula is C16H11Cl3N2O2. The van der Waals surface area contributed by atoms with E-state index in [0.29, 0.717) is 28.4 Å². The lowest BCUT2D eigenvalue weighted by molar-refractivity contribution is 0.407. The minimum atomic E-state index is -1.93. The average molecular weight is 370 g/mol. The van der Waals surface area contributed by atoms with Crippen molar-refractivity contribution >= 4 is 52.0 Å². The van der Waals surface area contributed by atoms with Crippen molar-refractivity contribution in [1.29, 1.82) is 0 Å². The Kier molecular flexibility index (Phi) is 4.23. The summed E-state index contributed by atoms with van der Waals surface area (Å²) in [5.74, 6) is 0.693. The third-order valence-electron chi connectivity index (χ3n) is 3.14. The highest BCUT2D eigenvalue weighted by Gasteiger charge is 2.26. The van der Waals surface area contributed by atoms with E-state index >= 15 is 0 Å². The Balaban J connectivity index is 2.23. The van der Waals surface area contributed by atoms with Crippen LogP contribution in [-0.4, -0.2) is 18.9 Å². The fraction of sp³-hybridized carbons (Fsp3) is 0.125. The number of aromatic nitrogens is 2. The van der Waals surface area contributed by atoms with Crippen molar-refractivity contribution in [3.63, 3.8) is 0 Å². The number of aryl methyl sites for hydroxylation is 1. The summed E-state index contributed by atoms with van der Waals surface area (Å²) in [6, 6.07) is 11.2. The third kappa shape index (κ3) is 3.44. The van der Waals surface area contributed by atoms with Crippen LogP contribution < -0.4 is 0 Å². The number of nitrogens with zero attached hydrogens (tertiary/aromatic N) is 2. The van der Waals surface area contributed by atoms with Gasteiger partial charge in [0.1, 0.15) is 11.5 Å². The molecule has 0 amide bonds. The van der Waals surface area contributed by atoms with E-state index in [4.69, 9.17) is 39.2 Å². The van der Waals surface area contributed by atoms with E-state index in [1.165, 1.54) is 6.08 Å². The smallest absolute Gasteiger partial charge is 0.247 e. The fourth-order valence-electron chi connectivity index (χ4n) is 2.10. The number of halogens is 3. The molecule has 0 fully saturated rings. The molecule has 0 aliphatic rings. The first-order valence-electron chi connectivity index (χ1n) is 6.66. The number of allylic oxidation sites excluding steroid dienone is 1. The molecule has 0 spiro atoms. The number of fused-ring (bicyclic) bond motifs is 1. The second-order valence-electron chi connectivity index (χ2n) is 4.90. The van der Waals surface area contributed by atoms with Gasteiger partial charge < -0.3 is 9.52 Å². The molecule has 4 nitrogen and oxygen atoms in total. The first-order valence-corrected chi connectivity index (χ1v) is 7.79. The number of aliphatic hydroxyl groups is 1. The van der Waals surface area contributed by atoms with E-state index in [9.17, 15) is 5.11 Å². The standard InChI is InChI=1S/C16H11Cl3N2O2/c1-9-7-11-12(8-13(22)16(17,18)19)20-14(21-15(11)23-9)10-5-3-2-4-6-10/h2-8,22H,1H3. The first-order chi connectivity index (χ1) is 10.8. The molecule has 0 atom stereocenters. The van der Waals surface area contributed by atoms with Gasteiger partial charge >= 0.3 is 0 Å². The molecule has 7 heteroatoms. The molecule has 0 saturated carbocycles. The normalized spacial score (nSPS) is 12.8. The Morgan fingerprint density at radius 1 is 1.17 bits per heavy atom. The summed E-state index contributed by atoms with van der Waals surface area (Å²) in [7, 11) is 0. The van der Waals surface area contributed by atoms with Crippen LogP contribution in [0.3, 0.4) is 0 Å². The Bertz CT molecular complexity index is 883. The number of hydrogen-bond donors (Lipinski definition) is 1. The van der Waals surface area contributed by atoms with E-state index in [0.717, 1.165) is 5.56 Å². The van der Waals surface area contributed by atoms with Crippen LogP contribution in [0.15, 0.2) is 46.6 Å². The number of furan rings is 1. The maximum atomic E-state index is 9.94. The lowest BCUT2D eigenvalue weighted by Gasteiger charge is -2.09. The molecule has 23 heavy (non-hydrogen) atoms. The highest BCUT2D eigenvalue weighted by molar-refractivity contribution is 6.69. The maximum absolute atomic E-state index is 9.94. The molecule has 0 radical (unpaired) electrons. The minimum absolute atomic E-state index is 0.403. The number of benzene rings is 1. The minimum Gasteiger partial charge on any atom is -0.508 e. The van der Waals surface area contributed by atoms with Gasteiger partial charge in [-0.1, -0.05) is 65.1 Å². The van der Waals surface area contributed by atoms with Crippen LogP contribution in [-0.2, 0) is 0 Å². The van der Waals surface area contributed by atoms with Crippen molar-refractivity contribution in [3.8, 4) is 11.4 Å². The highest BCUT2D eigenvalue weighted by Crippen LogP contribution is 2.35. The predicted molar refractivity (Wildman–Crippen MR) is 92.9 cm³/mol. The average Bonchev–Trinajstić information content (AvgIpc) is 2.87. The second-order valence-corrected chi connectivity index (χ2v) is 7.18. The van der Waals surface area contributed by atoms with Crippen molar-refractivity contribution in [3.05, 3.63) is 53.6 Å². The second kappa shape index (κ2) is 6.04. The van der Waals surface area contributed by atoms with Crippen LogP contribution in [0.25, 0.3) is 28.6 Å². The molecule has 2 aromatic heterocycles. The van der Waals surface area contributed by atoms with Crippen molar-refractivity contribution in [2.24, 2.45) is 0 Å². The van der Waals surface area contributed by atoms with Crippen LogP contribution in [0, 0.1) is 6.92 Å². The topological polar surface area (TPSA) is 59.2 Å². The maximum Gasteiger partial charge on any atom is 0.247 e. The summed E-state index contributed by atoms with van der Waals surface area (Å²) >= 11 is 17.1. The number of alkyl halides is 3. The highest BCUT2D eigenvalue weighted by atomic mass is 35.6. The van der Waals surface area contributed by atoms with Gasteiger partial charge in [0.2, 0.25) is 9.51 Å². The summed E-state index contributed by atoms with van der Waals surface area (Å²) in [6.45, 7) is 1.80. The van der Waals surface area contributed by atoms with E-state index in [2.05, 4.69) is 9.97 Å². The third-order valence-corrected chi connectivity index (χ3v) is 3.72. The number of rotatable bonds is 2. The Labute approximate surface area is 147 Å². The predicted octanol–water partition coefficient (Wildman–Crippen LogP) is 5.47. The molecule has 1 N–H and O–H groups in total. The van der Waals surface area contributed by atoms with Gasteiger partial charge in [-0.15, -0.1) is 0 Å². The lowest BCUT2D eigenvalue weighted by atomic mass is 10.2. The first kappa shape index (κ1) is 16.1. The summed E-state index contributed by atoms with van der Waals surface area (Å²) in [4.78, 5) is 8.86. The molecular weight excluding hydrogens is 359 g/mol. The molecule has 1 aromatic carbocycles. The van der Waals surface area contributed by atoms with Gasteiger partial charge in [-0.05, 0) is 13.0 Å². The zero-order valence-electron chi connectivity index (χ0n) is 11.9. The number of aliphatic hydroxyl groups excluding tert-OH is 1. The van der Waals surface area contributed by atoms with Crippen LogP contribution in [0.1, 0.15) is 11.5 Å². The Morgan fingerprint density at radius 3 is 2.52 bits per heavy atom. The molecule has 0 unspecified atom stereocenters. The van der Waals surface area contributed by atoms with Crippen LogP contribution in [0.2, 0.25) is 0 Å². The quantitative estimate of drug-likeness (QED) is 0.481. The molecule has 0 aliphatic heterocycles. The monoisotopic (exact) mass is 368 g/mol. The summed E-state index contributed by atoms with van der Waals surface area (Å²) in [6.07, 6.45) is 1.30. The fourth-order valence-corrected chi connectivity index (χ4v) is 2.27. The lowest BCUT2D eigenvalue weighted by Crippen LogP contribution is -2.06. The van der Waals surface area contributed by atoms with E-state index in [1.807, 2.05) is 30.3 Å². The van der Waals surface area contributed by atoms with Gasteiger partial charge in [0.15, 0.2) is 5.82 Å². The summed E-state index contributed by atoms with van der Waals surface area (Å²) in [5.41, 5.74) is 1.63. The van der Waals surface area contributed by atoms with Gasteiger partial charge in [-0.2, -0.15) is 4.98 Å². The van der Waals surface area contributed by atoms with Gasteiger partial charge in [0, 0.05) is 11.6 Å². The molecule has 0 bridgehead atoms. The largest absolute Gasteiger partial charge is 0.508 e. The zero-order valence-corrected chi connectivity index (χ0v) is 14.2. The van der Waals surface area contributed by atoms with Crippen molar-refractivity contribution in [2.45, 2.75) is 10.7 Å². The van der Waals surface area contributed by atoms with E-state index in [-0.39, 0.29) is 0 Å². The van der Waals surface area contributed by atoms with E-state index in [1.54, 1.807) is 13.0 Å². The van der Waals surface area contributed by atoms with Crippen LogP contribution in [0.5, 0.6) is 0 Å². The van der Waals surface area contributed by atoms with Crippen molar-refractivity contribution < 1.29 is 9.52 Å². The SMILES string of the molecule is Cc1cc2c(C=C(O)C(Cl)(Cl)Cl)nc(-c3ccccc3)nc2o1. The van der Waals surface area contributed by atoms with Gasteiger partial charge in [0.05, 0.1) is 11.1 Å². The molecule has 3 aromatic rings. The molecule has 3 rings (SSSR count). The zero-order chi connectivity index (χ0) is 16.6. The van der Waals surface area contributed by atoms with Gasteiger partial charge in [-0.25, -0.2) is 4.98 Å². The van der Waals surface area contributed by atoms with Crippen molar-refractivity contribution in [1.82, 2.24) is 9.97 Å². The van der Waals surface area contributed by atoms with Crippen LogP contribution in [0.4, 0.5) is 0 Å². The number of hydrogen-bond acceptors (Lipinski definition) is 4. The van der Waals surface area contributed by atoms with Crippen molar-refractivity contribution in [2.75, 3.05) is 0 Å². The van der Waals surface area contributed by atoms with E-state index < -0.39 is 9.55 Å². The Morgan fingerprint density at radius 2 is 1.87 bits per heavy atom. The van der Waals surface area contributed by atoms with Gasteiger partial charge in [-0.3, -0.25) is 0 Å². The van der Waals surface area contributed by atoms with Gasteiger partial charge in [0.25, 0.3) is 0 Å². The molecule has 2 heterocycles. The Hall–Kier alpha value is -1.75. The molecule has 0 aliphatic carbocycles. The molecule has 118 valence electrons. The van der Waals surface area contributed by atoms with Crippen LogP contribution >= 0.6 is 34.8 Å². The summed E-state index contributed by atoms with van der Waals surface area (Å²) < 4.78 is 3.65. The summed E-state index contributed by atoms with van der Waals surface area (Å²) in [5, 5.41) is 10.6.